The Hall–Kier alpha value is -1.15. The minimum atomic E-state index is -3.88. The van der Waals surface area contributed by atoms with Crippen molar-refractivity contribution >= 4 is 75.7 Å². The summed E-state index contributed by atoms with van der Waals surface area (Å²) in [5, 5.41) is 9.92. The van der Waals surface area contributed by atoms with Gasteiger partial charge in [-0.3, -0.25) is 4.72 Å². The van der Waals surface area contributed by atoms with E-state index < -0.39 is 10.0 Å². The summed E-state index contributed by atoms with van der Waals surface area (Å²) >= 11 is 6.72. The highest BCUT2D eigenvalue weighted by Gasteiger charge is 2.25. The molecule has 0 unspecified atom stereocenters. The lowest BCUT2D eigenvalue weighted by atomic mass is 10.2. The molecule has 0 aliphatic carbocycles. The van der Waals surface area contributed by atoms with Gasteiger partial charge < -0.3 is 0 Å². The van der Waals surface area contributed by atoms with E-state index in [0.717, 1.165) is 18.3 Å². The van der Waals surface area contributed by atoms with Crippen molar-refractivity contribution in [2.24, 2.45) is 0 Å². The summed E-state index contributed by atoms with van der Waals surface area (Å²) in [6, 6.07) is 12.8. The van der Waals surface area contributed by atoms with Crippen LogP contribution in [0.2, 0.25) is 0 Å². The number of rotatable bonds is 3. The molecule has 4 nitrogen and oxygen atoms in total. The van der Waals surface area contributed by atoms with Crippen LogP contribution in [0.5, 0.6) is 0 Å². The number of sulfonamides is 1. The van der Waals surface area contributed by atoms with E-state index >= 15 is 0 Å². The maximum absolute atomic E-state index is 13.0. The van der Waals surface area contributed by atoms with E-state index in [9.17, 15) is 13.7 Å². The van der Waals surface area contributed by atoms with E-state index in [4.69, 9.17) is 0 Å². The first-order chi connectivity index (χ1) is 11.3. The molecule has 0 radical (unpaired) electrons. The van der Waals surface area contributed by atoms with E-state index in [0.29, 0.717) is 11.1 Å². The maximum atomic E-state index is 13.0. The van der Waals surface area contributed by atoms with Gasteiger partial charge in [-0.15, -0.1) is 11.3 Å². The number of hydrogen-bond donors (Lipinski definition) is 1. The molecular formula is C16H10BrIN2O2S2. The third kappa shape index (κ3) is 3.18. The fraction of sp³-hybridized carbons (Fsp3) is 0.0625. The third-order valence-electron chi connectivity index (χ3n) is 3.47. The van der Waals surface area contributed by atoms with Crippen LogP contribution in [0.3, 0.4) is 0 Å². The maximum Gasteiger partial charge on any atom is 0.264 e. The number of nitrogens with zero attached hydrogens (tertiary/aromatic N) is 1. The summed E-state index contributed by atoms with van der Waals surface area (Å²) in [7, 11) is -3.88. The normalized spacial score (nSPS) is 11.4. The number of anilines is 1. The highest BCUT2D eigenvalue weighted by molar-refractivity contribution is 14.1. The minimum absolute atomic E-state index is 0.0417. The molecule has 2 aromatic carbocycles. The van der Waals surface area contributed by atoms with Crippen molar-refractivity contribution in [1.29, 1.82) is 5.26 Å². The highest BCUT2D eigenvalue weighted by atomic mass is 127. The molecule has 0 aliphatic heterocycles. The van der Waals surface area contributed by atoms with Crippen LogP contribution >= 0.6 is 49.9 Å². The molecule has 1 aromatic heterocycles. The first kappa shape index (κ1) is 17.7. The van der Waals surface area contributed by atoms with Crippen molar-refractivity contribution in [3.05, 3.63) is 54.9 Å². The average Bonchev–Trinajstić information content (AvgIpc) is 2.91. The lowest BCUT2D eigenvalue weighted by Gasteiger charge is -2.12. The Morgan fingerprint density at radius 2 is 2.00 bits per heavy atom. The van der Waals surface area contributed by atoms with Crippen molar-refractivity contribution in [3.63, 3.8) is 0 Å². The zero-order chi connectivity index (χ0) is 17.5. The highest BCUT2D eigenvalue weighted by Crippen LogP contribution is 2.36. The van der Waals surface area contributed by atoms with Crippen molar-refractivity contribution in [3.8, 4) is 6.07 Å². The molecule has 0 saturated heterocycles. The van der Waals surface area contributed by atoms with Crippen LogP contribution in [-0.4, -0.2) is 8.42 Å². The van der Waals surface area contributed by atoms with Gasteiger partial charge in [-0.2, -0.15) is 5.26 Å². The van der Waals surface area contributed by atoms with Gasteiger partial charge in [-0.05, 0) is 53.3 Å². The van der Waals surface area contributed by atoms with Crippen LogP contribution in [0.25, 0.3) is 10.1 Å². The second-order valence-corrected chi connectivity index (χ2v) is 9.78. The molecule has 0 fully saturated rings. The Morgan fingerprint density at radius 3 is 2.71 bits per heavy atom. The monoisotopic (exact) mass is 532 g/mol. The zero-order valence-corrected chi connectivity index (χ0v) is 17.7. The number of thiophene rings is 1. The fourth-order valence-electron chi connectivity index (χ4n) is 2.31. The largest absolute Gasteiger partial charge is 0.279 e. The van der Waals surface area contributed by atoms with Gasteiger partial charge in [0.2, 0.25) is 0 Å². The lowest BCUT2D eigenvalue weighted by Crippen LogP contribution is -2.14. The Balaban J connectivity index is 2.18. The topological polar surface area (TPSA) is 70.0 Å². The molecule has 3 aromatic rings. The number of fused-ring (bicyclic) bond motifs is 1. The van der Waals surface area contributed by atoms with Gasteiger partial charge in [-0.1, -0.05) is 34.1 Å². The molecule has 3 rings (SSSR count). The van der Waals surface area contributed by atoms with Gasteiger partial charge in [0.15, 0.2) is 0 Å². The van der Waals surface area contributed by atoms with Gasteiger partial charge >= 0.3 is 0 Å². The summed E-state index contributed by atoms with van der Waals surface area (Å²) in [5.41, 5.74) is 1.33. The molecule has 122 valence electrons. The SMILES string of the molecule is Cc1c(I)cc(Br)cc1NS(=O)(=O)c1c(C#N)sc2ccccc12. The number of nitriles is 1. The van der Waals surface area contributed by atoms with Crippen molar-refractivity contribution in [2.75, 3.05) is 4.72 Å². The number of hydrogen-bond acceptors (Lipinski definition) is 4. The van der Waals surface area contributed by atoms with Crippen LogP contribution < -0.4 is 4.72 Å². The van der Waals surface area contributed by atoms with Crippen LogP contribution in [0.4, 0.5) is 5.69 Å². The first-order valence-electron chi connectivity index (χ1n) is 6.73. The molecule has 0 bridgehead atoms. The van der Waals surface area contributed by atoms with Crippen LogP contribution in [-0.2, 0) is 10.0 Å². The molecule has 8 heteroatoms. The summed E-state index contributed by atoms with van der Waals surface area (Å²) in [5.74, 6) is 0. The second kappa shape index (κ2) is 6.63. The van der Waals surface area contributed by atoms with Crippen molar-refractivity contribution in [2.45, 2.75) is 11.8 Å². The molecule has 1 heterocycles. The van der Waals surface area contributed by atoms with E-state index in [1.54, 1.807) is 18.2 Å². The smallest absolute Gasteiger partial charge is 0.264 e. The fourth-order valence-corrected chi connectivity index (χ4v) is 6.60. The van der Waals surface area contributed by atoms with Gasteiger partial charge in [0.05, 0.1) is 5.69 Å². The summed E-state index contributed by atoms with van der Waals surface area (Å²) in [6.07, 6.45) is 0. The molecule has 0 aliphatic rings. The Labute approximate surface area is 165 Å². The van der Waals surface area contributed by atoms with Crippen molar-refractivity contribution in [1.82, 2.24) is 0 Å². The molecule has 1 N–H and O–H groups in total. The Bertz CT molecular complexity index is 1100. The standard InChI is InChI=1S/C16H10BrIN2O2S2/c1-9-12(18)6-10(17)7-13(9)20-24(21,22)16-11-4-2-3-5-14(11)23-15(16)8-19/h2-7,20H,1H3. The number of nitrogens with one attached hydrogen (secondary N) is 1. The molecule has 0 spiro atoms. The Morgan fingerprint density at radius 1 is 1.29 bits per heavy atom. The first-order valence-corrected chi connectivity index (χ1v) is 10.9. The predicted molar refractivity (Wildman–Crippen MR) is 109 cm³/mol. The minimum Gasteiger partial charge on any atom is -0.279 e. The third-order valence-corrected chi connectivity index (χ3v) is 7.71. The summed E-state index contributed by atoms with van der Waals surface area (Å²) < 4.78 is 31.0. The quantitative estimate of drug-likeness (QED) is 0.468. The summed E-state index contributed by atoms with van der Waals surface area (Å²) in [6.45, 7) is 1.85. The van der Waals surface area contributed by atoms with Gasteiger partial charge in [0.1, 0.15) is 15.8 Å². The number of benzene rings is 2. The number of halogens is 2. The van der Waals surface area contributed by atoms with Gasteiger partial charge in [-0.25, -0.2) is 8.42 Å². The van der Waals surface area contributed by atoms with Crippen LogP contribution in [0, 0.1) is 21.8 Å². The molecule has 0 amide bonds. The van der Waals surface area contributed by atoms with E-state index in [2.05, 4.69) is 43.2 Å². The van der Waals surface area contributed by atoms with E-state index in [1.807, 2.05) is 31.2 Å². The lowest BCUT2D eigenvalue weighted by molar-refractivity contribution is 0.602. The molecule has 0 atom stereocenters. The summed E-state index contributed by atoms with van der Waals surface area (Å²) in [4.78, 5) is 0.228. The molecule has 0 saturated carbocycles. The van der Waals surface area contributed by atoms with Crippen LogP contribution in [0.15, 0.2) is 45.8 Å². The van der Waals surface area contributed by atoms with Gasteiger partial charge in [0, 0.05) is 18.1 Å². The molecular weight excluding hydrogens is 523 g/mol. The molecule has 24 heavy (non-hydrogen) atoms. The predicted octanol–water partition coefficient (Wildman–Crippen LogP) is 5.25. The van der Waals surface area contributed by atoms with Crippen molar-refractivity contribution < 1.29 is 8.42 Å². The van der Waals surface area contributed by atoms with E-state index in [1.165, 1.54) is 11.3 Å². The van der Waals surface area contributed by atoms with Gasteiger partial charge in [0.25, 0.3) is 10.0 Å². The van der Waals surface area contributed by atoms with Crippen LogP contribution in [0.1, 0.15) is 10.4 Å². The zero-order valence-electron chi connectivity index (χ0n) is 12.3. The second-order valence-electron chi connectivity index (χ2n) is 5.03. The van der Waals surface area contributed by atoms with E-state index in [-0.39, 0.29) is 9.77 Å². The Kier molecular flexibility index (Phi) is 4.88. The average molecular weight is 533 g/mol.